The van der Waals surface area contributed by atoms with Crippen LogP contribution in [0.4, 0.5) is 10.5 Å². The Morgan fingerprint density at radius 1 is 1.10 bits per heavy atom. The summed E-state index contributed by atoms with van der Waals surface area (Å²) in [6, 6.07) is 6.38. The summed E-state index contributed by atoms with van der Waals surface area (Å²) in [6.45, 7) is 1.52. The van der Waals surface area contributed by atoms with Crippen molar-refractivity contribution in [1.82, 2.24) is 10.6 Å². The smallest absolute Gasteiger partial charge is 0.319 e. The zero-order chi connectivity index (χ0) is 21.3. The van der Waals surface area contributed by atoms with Gasteiger partial charge >= 0.3 is 6.03 Å². The Balaban J connectivity index is 1.37. The molecule has 166 valence electrons. The van der Waals surface area contributed by atoms with E-state index in [0.29, 0.717) is 36.9 Å². The standard InChI is InChI=1S/C21H30ClN3O5/c22-15-1-3-16(4-2-15)24-21(28)23-10-7-17-5-6-18(19(13-26)30-17)25-20(27)14-8-11-29-12-9-14/h1-4,14,17-19,26H,5-13H2,(H,25,27)(H2,23,24,28)/t17-,18+,19+/m0/s1. The zero-order valence-corrected chi connectivity index (χ0v) is 17.7. The maximum atomic E-state index is 12.5. The number of urea groups is 1. The summed E-state index contributed by atoms with van der Waals surface area (Å²) >= 11 is 5.83. The molecule has 9 heteroatoms. The van der Waals surface area contributed by atoms with Gasteiger partial charge in [0, 0.05) is 36.4 Å². The summed E-state index contributed by atoms with van der Waals surface area (Å²) in [5.74, 6) is -0.0106. The van der Waals surface area contributed by atoms with Crippen LogP contribution in [0.1, 0.15) is 32.1 Å². The van der Waals surface area contributed by atoms with Crippen LogP contribution in [-0.4, -0.2) is 61.7 Å². The normalized spacial score (nSPS) is 24.8. The lowest BCUT2D eigenvalue weighted by atomic mass is 9.94. The van der Waals surface area contributed by atoms with E-state index in [1.54, 1.807) is 24.3 Å². The first-order chi connectivity index (χ1) is 14.5. The van der Waals surface area contributed by atoms with Crippen molar-refractivity contribution in [3.05, 3.63) is 29.3 Å². The van der Waals surface area contributed by atoms with E-state index in [0.717, 1.165) is 25.7 Å². The molecule has 0 bridgehead atoms. The van der Waals surface area contributed by atoms with Crippen molar-refractivity contribution >= 4 is 29.2 Å². The molecule has 1 aromatic rings. The summed E-state index contributed by atoms with van der Waals surface area (Å²) in [4.78, 5) is 24.5. The van der Waals surface area contributed by atoms with Crippen molar-refractivity contribution in [2.24, 2.45) is 5.92 Å². The second-order valence-electron chi connectivity index (χ2n) is 7.73. The molecule has 3 rings (SSSR count). The molecular formula is C21H30ClN3O5. The van der Waals surface area contributed by atoms with Gasteiger partial charge in [-0.15, -0.1) is 0 Å². The lowest BCUT2D eigenvalue weighted by molar-refractivity contribution is -0.134. The average molecular weight is 440 g/mol. The minimum atomic E-state index is -0.435. The van der Waals surface area contributed by atoms with Crippen LogP contribution < -0.4 is 16.0 Å². The van der Waals surface area contributed by atoms with Gasteiger partial charge in [-0.1, -0.05) is 11.6 Å². The Morgan fingerprint density at radius 2 is 1.83 bits per heavy atom. The van der Waals surface area contributed by atoms with Crippen LogP contribution in [0.2, 0.25) is 5.02 Å². The molecule has 0 unspecified atom stereocenters. The summed E-state index contributed by atoms with van der Waals surface area (Å²) in [7, 11) is 0. The van der Waals surface area contributed by atoms with Crippen molar-refractivity contribution in [1.29, 1.82) is 0 Å². The van der Waals surface area contributed by atoms with Crippen LogP contribution in [0.15, 0.2) is 24.3 Å². The third-order valence-corrected chi connectivity index (χ3v) is 5.82. The van der Waals surface area contributed by atoms with E-state index in [1.165, 1.54) is 0 Å². The number of hydrogen-bond acceptors (Lipinski definition) is 5. The van der Waals surface area contributed by atoms with E-state index in [9.17, 15) is 14.7 Å². The molecule has 2 aliphatic heterocycles. The number of rotatable bonds is 7. The van der Waals surface area contributed by atoms with Crippen LogP contribution in [0.25, 0.3) is 0 Å². The zero-order valence-electron chi connectivity index (χ0n) is 16.9. The molecule has 30 heavy (non-hydrogen) atoms. The minimum Gasteiger partial charge on any atom is -0.394 e. The first-order valence-corrected chi connectivity index (χ1v) is 10.9. The van der Waals surface area contributed by atoms with Gasteiger partial charge in [0.15, 0.2) is 0 Å². The highest BCUT2D eigenvalue weighted by Gasteiger charge is 2.33. The van der Waals surface area contributed by atoms with Crippen LogP contribution in [-0.2, 0) is 14.3 Å². The van der Waals surface area contributed by atoms with Gasteiger partial charge < -0.3 is 30.5 Å². The quantitative estimate of drug-likeness (QED) is 0.521. The van der Waals surface area contributed by atoms with Crippen molar-refractivity contribution < 1.29 is 24.2 Å². The molecule has 0 radical (unpaired) electrons. The lowest BCUT2D eigenvalue weighted by Gasteiger charge is -2.37. The van der Waals surface area contributed by atoms with Gasteiger partial charge in [-0.3, -0.25) is 4.79 Å². The SMILES string of the molecule is O=C(NCC[C@@H]1CC[C@@H](NC(=O)C2CCOCC2)[C@@H](CO)O1)Nc1ccc(Cl)cc1. The first-order valence-electron chi connectivity index (χ1n) is 10.5. The molecule has 4 N–H and O–H groups in total. The number of aliphatic hydroxyl groups excluding tert-OH is 1. The second kappa shape index (κ2) is 11.5. The van der Waals surface area contributed by atoms with Crippen molar-refractivity contribution in [3.8, 4) is 0 Å². The highest BCUT2D eigenvalue weighted by Crippen LogP contribution is 2.23. The molecule has 8 nitrogen and oxygen atoms in total. The number of halogens is 1. The third-order valence-electron chi connectivity index (χ3n) is 5.57. The Kier molecular flexibility index (Phi) is 8.74. The lowest BCUT2D eigenvalue weighted by Crippen LogP contribution is -2.52. The number of amides is 3. The van der Waals surface area contributed by atoms with E-state index in [1.807, 2.05) is 0 Å². The van der Waals surface area contributed by atoms with Gasteiger partial charge in [0.25, 0.3) is 0 Å². The highest BCUT2D eigenvalue weighted by molar-refractivity contribution is 6.30. The summed E-state index contributed by atoms with van der Waals surface area (Å²) < 4.78 is 11.3. The predicted molar refractivity (Wildman–Crippen MR) is 114 cm³/mol. The molecule has 2 fully saturated rings. The number of nitrogens with one attached hydrogen (secondary N) is 3. The van der Waals surface area contributed by atoms with Gasteiger partial charge in [0.2, 0.25) is 5.91 Å². The van der Waals surface area contributed by atoms with Crippen molar-refractivity contribution in [2.75, 3.05) is 31.7 Å². The van der Waals surface area contributed by atoms with E-state index in [4.69, 9.17) is 21.1 Å². The summed E-state index contributed by atoms with van der Waals surface area (Å²) in [5.41, 5.74) is 0.661. The second-order valence-corrected chi connectivity index (χ2v) is 8.17. The Morgan fingerprint density at radius 3 is 2.53 bits per heavy atom. The van der Waals surface area contributed by atoms with Crippen LogP contribution >= 0.6 is 11.6 Å². The number of hydrogen-bond donors (Lipinski definition) is 4. The van der Waals surface area contributed by atoms with Crippen molar-refractivity contribution in [3.63, 3.8) is 0 Å². The van der Waals surface area contributed by atoms with E-state index in [-0.39, 0.29) is 36.6 Å². The Bertz CT molecular complexity index is 696. The maximum absolute atomic E-state index is 12.5. The molecular weight excluding hydrogens is 410 g/mol. The van der Waals surface area contributed by atoms with Crippen LogP contribution in [0.5, 0.6) is 0 Å². The van der Waals surface area contributed by atoms with Crippen molar-refractivity contribution in [2.45, 2.75) is 50.4 Å². The third kappa shape index (κ3) is 6.84. The molecule has 1 aromatic carbocycles. The monoisotopic (exact) mass is 439 g/mol. The molecule has 2 heterocycles. The molecule has 3 atom stereocenters. The number of benzene rings is 1. The largest absolute Gasteiger partial charge is 0.394 e. The minimum absolute atomic E-state index is 0.0179. The van der Waals surface area contributed by atoms with Gasteiger partial charge in [-0.05, 0) is 56.4 Å². The number of aliphatic hydroxyl groups is 1. The highest BCUT2D eigenvalue weighted by atomic mass is 35.5. The fraction of sp³-hybridized carbons (Fsp3) is 0.619. The summed E-state index contributed by atoms with van der Waals surface area (Å²) in [6.07, 6.45) is 3.08. The molecule has 0 aromatic heterocycles. The molecule has 2 aliphatic rings. The van der Waals surface area contributed by atoms with Crippen LogP contribution in [0.3, 0.4) is 0 Å². The molecule has 0 aliphatic carbocycles. The van der Waals surface area contributed by atoms with Crippen LogP contribution in [0, 0.1) is 5.92 Å². The van der Waals surface area contributed by atoms with Gasteiger partial charge in [-0.25, -0.2) is 4.79 Å². The van der Waals surface area contributed by atoms with Gasteiger partial charge in [0.05, 0.1) is 18.8 Å². The Hall–Kier alpha value is -1.87. The topological polar surface area (TPSA) is 109 Å². The summed E-state index contributed by atoms with van der Waals surface area (Å²) in [5, 5.41) is 18.9. The molecule has 0 saturated carbocycles. The van der Waals surface area contributed by atoms with E-state index < -0.39 is 6.10 Å². The molecule has 3 amide bonds. The number of carbonyl (C=O) groups excluding carboxylic acids is 2. The van der Waals surface area contributed by atoms with E-state index in [2.05, 4.69) is 16.0 Å². The Labute approximate surface area is 181 Å². The number of anilines is 1. The van der Waals surface area contributed by atoms with E-state index >= 15 is 0 Å². The van der Waals surface area contributed by atoms with Gasteiger partial charge in [-0.2, -0.15) is 0 Å². The average Bonchev–Trinajstić information content (AvgIpc) is 2.77. The molecule has 2 saturated heterocycles. The fourth-order valence-electron chi connectivity index (χ4n) is 3.82. The fourth-order valence-corrected chi connectivity index (χ4v) is 3.95. The molecule has 0 spiro atoms. The maximum Gasteiger partial charge on any atom is 0.319 e. The number of ether oxygens (including phenoxy) is 2. The van der Waals surface area contributed by atoms with Gasteiger partial charge in [0.1, 0.15) is 6.10 Å². The first kappa shape index (κ1) is 22.8. The predicted octanol–water partition coefficient (Wildman–Crippen LogP) is 2.30. The number of carbonyl (C=O) groups is 2.